The zero-order valence-electron chi connectivity index (χ0n) is 14.2. The third kappa shape index (κ3) is 4.00. The molecule has 0 spiro atoms. The van der Waals surface area contributed by atoms with Crippen LogP contribution in [0.25, 0.3) is 11.4 Å². The quantitative estimate of drug-likeness (QED) is 0.517. The van der Waals surface area contributed by atoms with Gasteiger partial charge in [-0.3, -0.25) is 4.79 Å². The van der Waals surface area contributed by atoms with Gasteiger partial charge < -0.3 is 10.7 Å². The fraction of sp³-hybridized carbons (Fsp3) is 0.167. The van der Waals surface area contributed by atoms with Crippen LogP contribution >= 0.6 is 23.4 Å². The predicted octanol–water partition coefficient (Wildman–Crippen LogP) is 3.46. The molecule has 134 valence electrons. The van der Waals surface area contributed by atoms with Crippen molar-refractivity contribution >= 4 is 35.0 Å². The van der Waals surface area contributed by atoms with E-state index in [1.807, 2.05) is 49.4 Å². The summed E-state index contributed by atoms with van der Waals surface area (Å²) in [5.41, 5.74) is 1.68. The van der Waals surface area contributed by atoms with Crippen molar-refractivity contribution in [3.63, 3.8) is 0 Å². The average Bonchev–Trinajstić information content (AvgIpc) is 3.03. The van der Waals surface area contributed by atoms with Gasteiger partial charge in [0, 0.05) is 22.8 Å². The lowest BCUT2D eigenvalue weighted by molar-refractivity contribution is -0.116. The van der Waals surface area contributed by atoms with Gasteiger partial charge in [-0.1, -0.05) is 41.6 Å². The molecule has 6 nitrogen and oxygen atoms in total. The highest BCUT2D eigenvalue weighted by Crippen LogP contribution is 2.24. The molecule has 3 aromatic rings. The highest BCUT2D eigenvalue weighted by atomic mass is 35.5. The monoisotopic (exact) mass is 387 g/mol. The van der Waals surface area contributed by atoms with Crippen molar-refractivity contribution in [3.05, 3.63) is 59.6 Å². The van der Waals surface area contributed by atoms with Crippen molar-refractivity contribution in [2.45, 2.75) is 12.1 Å². The van der Waals surface area contributed by atoms with Crippen molar-refractivity contribution < 1.29 is 4.79 Å². The van der Waals surface area contributed by atoms with Crippen molar-refractivity contribution in [3.8, 4) is 11.4 Å². The number of thioether (sulfide) groups is 1. The summed E-state index contributed by atoms with van der Waals surface area (Å²) in [6.07, 6.45) is 0. The summed E-state index contributed by atoms with van der Waals surface area (Å²) < 4.78 is 1.39. The molecule has 0 saturated carbocycles. The molecule has 0 atom stereocenters. The predicted molar refractivity (Wildman–Crippen MR) is 106 cm³/mol. The van der Waals surface area contributed by atoms with Crippen molar-refractivity contribution in [1.29, 1.82) is 0 Å². The van der Waals surface area contributed by atoms with Gasteiger partial charge in [-0.15, -0.1) is 10.2 Å². The van der Waals surface area contributed by atoms with E-state index in [1.54, 1.807) is 17.0 Å². The summed E-state index contributed by atoms with van der Waals surface area (Å²) in [5.74, 6) is 6.82. The smallest absolute Gasteiger partial charge is 0.237 e. The molecule has 0 saturated heterocycles. The largest absolute Gasteiger partial charge is 0.335 e. The summed E-state index contributed by atoms with van der Waals surface area (Å²) in [4.78, 5) is 14.3. The zero-order chi connectivity index (χ0) is 18.5. The van der Waals surface area contributed by atoms with Crippen LogP contribution in [0.1, 0.15) is 6.92 Å². The summed E-state index contributed by atoms with van der Waals surface area (Å²) in [6, 6.07) is 16.7. The molecular weight excluding hydrogens is 370 g/mol. The maximum atomic E-state index is 12.6. The molecule has 1 heterocycles. The first kappa shape index (κ1) is 18.3. The Morgan fingerprint density at radius 1 is 1.15 bits per heavy atom. The molecule has 3 rings (SSSR count). The van der Waals surface area contributed by atoms with E-state index < -0.39 is 0 Å². The molecule has 2 aromatic carbocycles. The van der Waals surface area contributed by atoms with E-state index in [4.69, 9.17) is 17.4 Å². The minimum atomic E-state index is -0.0141. The standard InChI is InChI=1S/C18H18ClN5OS/c1-2-23(15-6-4-3-5-7-15)16(25)12-26-18-22-21-17(24(18)20)13-8-10-14(19)11-9-13/h3-11H,2,12,20H2,1H3. The van der Waals surface area contributed by atoms with Crippen molar-refractivity contribution in [1.82, 2.24) is 14.9 Å². The number of hydrogen-bond acceptors (Lipinski definition) is 5. The molecule has 1 amide bonds. The van der Waals surface area contributed by atoms with Crippen LogP contribution in [0.5, 0.6) is 0 Å². The Morgan fingerprint density at radius 2 is 1.85 bits per heavy atom. The van der Waals surface area contributed by atoms with Gasteiger partial charge in [0.2, 0.25) is 11.1 Å². The second-order valence-electron chi connectivity index (χ2n) is 5.45. The van der Waals surface area contributed by atoms with E-state index in [0.717, 1.165) is 11.3 Å². The number of nitrogen functional groups attached to an aromatic ring is 1. The topological polar surface area (TPSA) is 77.0 Å². The Kier molecular flexibility index (Phi) is 5.80. The summed E-state index contributed by atoms with van der Waals surface area (Å²) in [5, 5.41) is 9.32. The second kappa shape index (κ2) is 8.25. The number of anilines is 1. The van der Waals surface area contributed by atoms with Gasteiger partial charge in [-0.05, 0) is 43.3 Å². The van der Waals surface area contributed by atoms with E-state index in [0.29, 0.717) is 22.5 Å². The number of para-hydroxylation sites is 1. The van der Waals surface area contributed by atoms with E-state index in [2.05, 4.69) is 10.2 Å². The zero-order valence-corrected chi connectivity index (χ0v) is 15.7. The second-order valence-corrected chi connectivity index (χ2v) is 6.82. The fourth-order valence-corrected chi connectivity index (χ4v) is 3.34. The number of halogens is 1. The Morgan fingerprint density at radius 3 is 2.50 bits per heavy atom. The summed E-state index contributed by atoms with van der Waals surface area (Å²) in [6.45, 7) is 2.54. The van der Waals surface area contributed by atoms with Gasteiger partial charge >= 0.3 is 0 Å². The van der Waals surface area contributed by atoms with Gasteiger partial charge in [-0.25, -0.2) is 4.68 Å². The van der Waals surface area contributed by atoms with E-state index in [-0.39, 0.29) is 11.7 Å². The minimum absolute atomic E-state index is 0.0141. The van der Waals surface area contributed by atoms with Gasteiger partial charge in [-0.2, -0.15) is 0 Å². The molecule has 0 fully saturated rings. The molecule has 0 radical (unpaired) electrons. The number of nitrogens with zero attached hydrogens (tertiary/aromatic N) is 4. The van der Waals surface area contributed by atoms with E-state index >= 15 is 0 Å². The van der Waals surface area contributed by atoms with Crippen LogP contribution in [0.4, 0.5) is 5.69 Å². The van der Waals surface area contributed by atoms with Crippen LogP contribution < -0.4 is 10.7 Å². The molecule has 0 aliphatic rings. The third-order valence-corrected chi connectivity index (χ3v) is 4.96. The van der Waals surface area contributed by atoms with E-state index in [9.17, 15) is 4.79 Å². The highest BCUT2D eigenvalue weighted by Gasteiger charge is 2.17. The van der Waals surface area contributed by atoms with Crippen LogP contribution in [0.2, 0.25) is 5.02 Å². The molecule has 1 aromatic heterocycles. The molecule has 8 heteroatoms. The molecule has 2 N–H and O–H groups in total. The van der Waals surface area contributed by atoms with Crippen LogP contribution in [0.3, 0.4) is 0 Å². The van der Waals surface area contributed by atoms with Crippen LogP contribution in [0, 0.1) is 0 Å². The van der Waals surface area contributed by atoms with Crippen molar-refractivity contribution in [2.75, 3.05) is 23.0 Å². The lowest BCUT2D eigenvalue weighted by Crippen LogP contribution is -2.32. The van der Waals surface area contributed by atoms with Gasteiger partial charge in [0.1, 0.15) is 0 Å². The summed E-state index contributed by atoms with van der Waals surface area (Å²) >= 11 is 7.16. The molecule has 0 aliphatic heterocycles. The first-order chi connectivity index (χ1) is 12.6. The van der Waals surface area contributed by atoms with Gasteiger partial charge in [0.15, 0.2) is 5.82 Å². The first-order valence-electron chi connectivity index (χ1n) is 8.04. The molecule has 0 bridgehead atoms. The normalized spacial score (nSPS) is 10.7. The third-order valence-electron chi connectivity index (χ3n) is 3.78. The molecule has 0 unspecified atom stereocenters. The Balaban J connectivity index is 1.70. The Hall–Kier alpha value is -2.51. The Labute approximate surface area is 160 Å². The number of benzene rings is 2. The van der Waals surface area contributed by atoms with Crippen LogP contribution in [-0.4, -0.2) is 33.1 Å². The number of carbonyl (C=O) groups excluding carboxylic acids is 1. The summed E-state index contributed by atoms with van der Waals surface area (Å²) in [7, 11) is 0. The Bertz CT molecular complexity index is 882. The minimum Gasteiger partial charge on any atom is -0.335 e. The number of aromatic nitrogens is 3. The average molecular weight is 388 g/mol. The van der Waals surface area contributed by atoms with E-state index in [1.165, 1.54) is 16.4 Å². The number of carbonyl (C=O) groups is 1. The molecule has 0 aliphatic carbocycles. The fourth-order valence-electron chi connectivity index (χ4n) is 2.49. The number of nitrogens with two attached hydrogens (primary N) is 1. The van der Waals surface area contributed by atoms with Gasteiger partial charge in [0.05, 0.1) is 5.75 Å². The maximum absolute atomic E-state index is 12.6. The van der Waals surface area contributed by atoms with Crippen molar-refractivity contribution in [2.24, 2.45) is 0 Å². The highest BCUT2D eigenvalue weighted by molar-refractivity contribution is 7.99. The number of rotatable bonds is 6. The lowest BCUT2D eigenvalue weighted by Gasteiger charge is -2.20. The number of amides is 1. The SMILES string of the molecule is CCN(C(=O)CSc1nnc(-c2ccc(Cl)cc2)n1N)c1ccccc1. The van der Waals surface area contributed by atoms with Gasteiger partial charge in [0.25, 0.3) is 0 Å². The lowest BCUT2D eigenvalue weighted by atomic mass is 10.2. The van der Waals surface area contributed by atoms with Crippen LogP contribution in [0.15, 0.2) is 59.8 Å². The molecular formula is C18H18ClN5OS. The molecule has 26 heavy (non-hydrogen) atoms. The number of hydrogen-bond donors (Lipinski definition) is 1. The first-order valence-corrected chi connectivity index (χ1v) is 9.41. The maximum Gasteiger partial charge on any atom is 0.237 e. The van der Waals surface area contributed by atoms with Crippen LogP contribution in [-0.2, 0) is 4.79 Å².